The fourth-order valence-corrected chi connectivity index (χ4v) is 2.09. The van der Waals surface area contributed by atoms with E-state index in [4.69, 9.17) is 0 Å². The molecule has 0 aliphatic carbocycles. The van der Waals surface area contributed by atoms with Crippen LogP contribution in [0, 0.1) is 0 Å². The summed E-state index contributed by atoms with van der Waals surface area (Å²) >= 11 is 7.97. The number of halogens is 1. The summed E-state index contributed by atoms with van der Waals surface area (Å²) in [5.74, 6) is 0. The highest BCUT2D eigenvalue weighted by atomic mass is 79.9. The Bertz CT molecular complexity index is 250. The molecule has 11 heavy (non-hydrogen) atoms. The average molecular weight is 231 g/mol. The van der Waals surface area contributed by atoms with Crippen LogP contribution in [0.15, 0.2) is 28.7 Å². The van der Waals surface area contributed by atoms with Crippen molar-refractivity contribution in [2.24, 2.45) is 0 Å². The lowest BCUT2D eigenvalue weighted by molar-refractivity contribution is 0.786. The van der Waals surface area contributed by atoms with E-state index in [0.717, 1.165) is 4.47 Å². The van der Waals surface area contributed by atoms with Gasteiger partial charge in [-0.2, -0.15) is 12.6 Å². The van der Waals surface area contributed by atoms with Crippen LogP contribution in [0.2, 0.25) is 0 Å². The molecule has 0 atom stereocenters. The third-order valence-corrected chi connectivity index (χ3v) is 2.47. The van der Waals surface area contributed by atoms with Crippen LogP contribution in [-0.4, -0.2) is 0 Å². The summed E-state index contributed by atoms with van der Waals surface area (Å²) in [5.41, 5.74) is 1.23. The first kappa shape index (κ1) is 9.14. The van der Waals surface area contributed by atoms with E-state index in [1.165, 1.54) is 5.56 Å². The fourth-order valence-electron chi connectivity index (χ4n) is 0.957. The van der Waals surface area contributed by atoms with Crippen LogP contribution in [0.3, 0.4) is 0 Å². The number of hydrogen-bond acceptors (Lipinski definition) is 1. The maximum atomic E-state index is 4.48. The third-order valence-electron chi connectivity index (χ3n) is 1.53. The molecule has 1 aromatic rings. The molecule has 0 N–H and O–H groups in total. The SMILES string of the molecule is CC(C)(S)c1ccccc1Br. The topological polar surface area (TPSA) is 0 Å². The van der Waals surface area contributed by atoms with Crippen LogP contribution in [0.5, 0.6) is 0 Å². The lowest BCUT2D eigenvalue weighted by Crippen LogP contribution is -2.07. The number of thiol groups is 1. The monoisotopic (exact) mass is 230 g/mol. The number of rotatable bonds is 1. The van der Waals surface area contributed by atoms with E-state index in [0.29, 0.717) is 0 Å². The Hall–Kier alpha value is 0.0500. The van der Waals surface area contributed by atoms with Crippen molar-refractivity contribution in [1.82, 2.24) is 0 Å². The largest absolute Gasteiger partial charge is 0.168 e. The van der Waals surface area contributed by atoms with E-state index in [9.17, 15) is 0 Å². The molecular weight excluding hydrogens is 220 g/mol. The van der Waals surface area contributed by atoms with Gasteiger partial charge in [0.1, 0.15) is 0 Å². The molecule has 0 fully saturated rings. The maximum absolute atomic E-state index is 4.48. The molecule has 0 aliphatic rings. The molecular formula is C9H11BrS. The molecule has 0 unspecified atom stereocenters. The van der Waals surface area contributed by atoms with Crippen LogP contribution in [0.4, 0.5) is 0 Å². The summed E-state index contributed by atoms with van der Waals surface area (Å²) in [5, 5.41) is 0. The van der Waals surface area contributed by atoms with Crippen LogP contribution in [0.1, 0.15) is 19.4 Å². The van der Waals surface area contributed by atoms with Gasteiger partial charge in [0.2, 0.25) is 0 Å². The molecule has 0 saturated heterocycles. The zero-order valence-corrected chi connectivity index (χ0v) is 9.12. The van der Waals surface area contributed by atoms with Crippen molar-refractivity contribution in [1.29, 1.82) is 0 Å². The quantitative estimate of drug-likeness (QED) is 0.701. The molecule has 0 aliphatic heterocycles. The van der Waals surface area contributed by atoms with Gasteiger partial charge in [-0.15, -0.1) is 0 Å². The second kappa shape index (κ2) is 3.20. The van der Waals surface area contributed by atoms with E-state index in [-0.39, 0.29) is 4.75 Å². The molecule has 0 aromatic heterocycles. The molecule has 0 nitrogen and oxygen atoms in total. The zero-order chi connectivity index (χ0) is 8.48. The summed E-state index contributed by atoms with van der Waals surface area (Å²) in [6.07, 6.45) is 0. The molecule has 0 spiro atoms. The highest BCUT2D eigenvalue weighted by Crippen LogP contribution is 2.32. The molecule has 0 saturated carbocycles. The Kier molecular flexibility index (Phi) is 2.66. The Morgan fingerprint density at radius 3 is 2.18 bits per heavy atom. The van der Waals surface area contributed by atoms with Crippen molar-refractivity contribution in [3.63, 3.8) is 0 Å². The second-order valence-electron chi connectivity index (χ2n) is 3.04. The van der Waals surface area contributed by atoms with Gasteiger partial charge >= 0.3 is 0 Å². The van der Waals surface area contributed by atoms with Gasteiger partial charge in [0, 0.05) is 9.22 Å². The summed E-state index contributed by atoms with van der Waals surface area (Å²) in [7, 11) is 0. The van der Waals surface area contributed by atoms with Crippen molar-refractivity contribution in [2.75, 3.05) is 0 Å². The molecule has 0 heterocycles. The van der Waals surface area contributed by atoms with Gasteiger partial charge in [-0.25, -0.2) is 0 Å². The van der Waals surface area contributed by atoms with Crippen LogP contribution in [-0.2, 0) is 4.75 Å². The first-order valence-electron chi connectivity index (χ1n) is 3.49. The molecule has 0 bridgehead atoms. The van der Waals surface area contributed by atoms with Gasteiger partial charge in [0.05, 0.1) is 0 Å². The predicted molar refractivity (Wildman–Crippen MR) is 56.2 cm³/mol. The molecule has 2 heteroatoms. The summed E-state index contributed by atoms with van der Waals surface area (Å²) in [4.78, 5) is 0. The van der Waals surface area contributed by atoms with Gasteiger partial charge in [-0.3, -0.25) is 0 Å². The van der Waals surface area contributed by atoms with Gasteiger partial charge in [-0.1, -0.05) is 34.1 Å². The highest BCUT2D eigenvalue weighted by Gasteiger charge is 2.16. The smallest absolute Gasteiger partial charge is 0.0333 e. The third kappa shape index (κ3) is 2.24. The summed E-state index contributed by atoms with van der Waals surface area (Å²) < 4.78 is 1.06. The van der Waals surface area contributed by atoms with Gasteiger partial charge in [0.15, 0.2) is 0 Å². The first-order chi connectivity index (χ1) is 5.02. The van der Waals surface area contributed by atoms with E-state index in [1.807, 2.05) is 18.2 Å². The van der Waals surface area contributed by atoms with E-state index < -0.39 is 0 Å². The van der Waals surface area contributed by atoms with Crippen molar-refractivity contribution in [3.05, 3.63) is 34.3 Å². The van der Waals surface area contributed by atoms with Crippen molar-refractivity contribution >= 4 is 28.6 Å². The van der Waals surface area contributed by atoms with Crippen molar-refractivity contribution in [3.8, 4) is 0 Å². The van der Waals surface area contributed by atoms with E-state index in [2.05, 4.69) is 48.5 Å². The Balaban J connectivity index is 3.14. The lowest BCUT2D eigenvalue weighted by atomic mass is 10.0. The minimum Gasteiger partial charge on any atom is -0.168 e. The van der Waals surface area contributed by atoms with Crippen LogP contribution >= 0.6 is 28.6 Å². The normalized spacial score (nSPS) is 11.6. The van der Waals surface area contributed by atoms with E-state index in [1.54, 1.807) is 0 Å². The summed E-state index contributed by atoms with van der Waals surface area (Å²) in [6, 6.07) is 8.15. The Morgan fingerprint density at radius 2 is 1.82 bits per heavy atom. The average Bonchev–Trinajstić information content (AvgIpc) is 1.86. The number of hydrogen-bond donors (Lipinski definition) is 1. The van der Waals surface area contributed by atoms with Crippen molar-refractivity contribution in [2.45, 2.75) is 18.6 Å². The number of benzene rings is 1. The molecule has 0 radical (unpaired) electrons. The molecule has 1 aromatic carbocycles. The zero-order valence-electron chi connectivity index (χ0n) is 6.63. The van der Waals surface area contributed by atoms with Crippen molar-refractivity contribution < 1.29 is 0 Å². The fraction of sp³-hybridized carbons (Fsp3) is 0.333. The molecule has 1 rings (SSSR count). The van der Waals surface area contributed by atoms with Gasteiger partial charge in [0.25, 0.3) is 0 Å². The second-order valence-corrected chi connectivity index (χ2v) is 5.01. The standard InChI is InChI=1S/C9H11BrS/c1-9(2,11)7-5-3-4-6-8(7)10/h3-6,11H,1-2H3. The minimum atomic E-state index is -0.0694. The van der Waals surface area contributed by atoms with E-state index >= 15 is 0 Å². The Morgan fingerprint density at radius 1 is 1.27 bits per heavy atom. The predicted octanol–water partition coefficient (Wildman–Crippen LogP) is 3.61. The molecule has 0 amide bonds. The lowest BCUT2D eigenvalue weighted by Gasteiger charge is -2.19. The van der Waals surface area contributed by atoms with Gasteiger partial charge < -0.3 is 0 Å². The van der Waals surface area contributed by atoms with Gasteiger partial charge in [-0.05, 0) is 25.5 Å². The maximum Gasteiger partial charge on any atom is 0.0333 e. The highest BCUT2D eigenvalue weighted by molar-refractivity contribution is 9.10. The Labute approximate surface area is 81.5 Å². The van der Waals surface area contributed by atoms with Crippen LogP contribution in [0.25, 0.3) is 0 Å². The van der Waals surface area contributed by atoms with Crippen LogP contribution < -0.4 is 0 Å². The molecule has 60 valence electrons. The first-order valence-corrected chi connectivity index (χ1v) is 4.73. The summed E-state index contributed by atoms with van der Waals surface area (Å²) in [6.45, 7) is 4.16. The minimum absolute atomic E-state index is 0.0694.